The van der Waals surface area contributed by atoms with E-state index >= 15 is 0 Å². The molecule has 19 heavy (non-hydrogen) atoms. The molecule has 0 heterocycles. The van der Waals surface area contributed by atoms with Crippen LogP contribution in [0.3, 0.4) is 0 Å². The van der Waals surface area contributed by atoms with Gasteiger partial charge >= 0.3 is 0 Å². The fraction of sp³-hybridized carbons (Fsp3) is 0.400. The third-order valence-electron chi connectivity index (χ3n) is 2.13. The van der Waals surface area contributed by atoms with Crippen LogP contribution in [-0.4, -0.2) is 25.7 Å². The Morgan fingerprint density at radius 3 is 2.63 bits per heavy atom. The van der Waals surface area contributed by atoms with Crippen LogP contribution in [0.1, 0.15) is 6.92 Å². The van der Waals surface area contributed by atoms with Gasteiger partial charge in [0.05, 0.1) is 28.4 Å². The van der Waals surface area contributed by atoms with Crippen molar-refractivity contribution in [2.75, 3.05) is 12.4 Å². The first kappa shape index (κ1) is 16.0. The molecule has 0 saturated heterocycles. The number of halogens is 2. The third kappa shape index (κ3) is 5.63. The molecular weight excluding hydrogens is 317 g/mol. The van der Waals surface area contributed by atoms with Crippen molar-refractivity contribution in [2.45, 2.75) is 6.92 Å². The lowest BCUT2D eigenvalue weighted by atomic mass is 10.2. The lowest BCUT2D eigenvalue weighted by molar-refractivity contribution is -0.384. The van der Waals surface area contributed by atoms with Gasteiger partial charge in [-0.25, -0.2) is 8.42 Å². The number of benzene rings is 1. The van der Waals surface area contributed by atoms with Gasteiger partial charge < -0.3 is 4.74 Å². The molecule has 0 radical (unpaired) electrons. The van der Waals surface area contributed by atoms with Gasteiger partial charge in [-0.2, -0.15) is 0 Å². The van der Waals surface area contributed by atoms with E-state index in [4.69, 9.17) is 27.0 Å². The Morgan fingerprint density at radius 1 is 1.47 bits per heavy atom. The summed E-state index contributed by atoms with van der Waals surface area (Å²) in [4.78, 5) is 10.0. The summed E-state index contributed by atoms with van der Waals surface area (Å²) in [6.07, 6.45) is 0. The summed E-state index contributed by atoms with van der Waals surface area (Å²) in [5, 5.41) is 10.8. The number of non-ortho nitro benzene ring substituents is 1. The first-order chi connectivity index (χ1) is 8.69. The fourth-order valence-corrected chi connectivity index (χ4v) is 2.93. The Balaban J connectivity index is 2.72. The van der Waals surface area contributed by atoms with Crippen LogP contribution < -0.4 is 4.74 Å². The molecule has 1 unspecified atom stereocenters. The highest BCUT2D eigenvalue weighted by Crippen LogP contribution is 2.29. The van der Waals surface area contributed by atoms with Crippen molar-refractivity contribution in [1.82, 2.24) is 0 Å². The number of nitrogens with zero attached hydrogens (tertiary/aromatic N) is 1. The predicted octanol–water partition coefficient (Wildman–Crippen LogP) is 2.83. The first-order valence-corrected chi connectivity index (χ1v) is 8.04. The predicted molar refractivity (Wildman–Crippen MR) is 72.4 cm³/mol. The number of rotatable bonds is 6. The van der Waals surface area contributed by atoms with E-state index in [0.717, 1.165) is 0 Å². The van der Waals surface area contributed by atoms with Crippen molar-refractivity contribution in [1.29, 1.82) is 0 Å². The number of ether oxygens (including phenoxy) is 1. The second-order valence-corrected chi connectivity index (χ2v) is 7.22. The van der Waals surface area contributed by atoms with E-state index in [0.29, 0.717) is 0 Å². The number of nitro groups is 1. The number of hydrogen-bond donors (Lipinski definition) is 0. The molecule has 1 atom stereocenters. The molecule has 0 saturated carbocycles. The van der Waals surface area contributed by atoms with E-state index in [2.05, 4.69) is 0 Å². The van der Waals surface area contributed by atoms with Crippen molar-refractivity contribution in [3.63, 3.8) is 0 Å². The maximum absolute atomic E-state index is 10.9. The van der Waals surface area contributed by atoms with Gasteiger partial charge in [0, 0.05) is 22.7 Å². The van der Waals surface area contributed by atoms with Gasteiger partial charge in [0.25, 0.3) is 5.69 Å². The molecule has 0 bridgehead atoms. The van der Waals surface area contributed by atoms with Crippen LogP contribution in [0.15, 0.2) is 18.2 Å². The van der Waals surface area contributed by atoms with E-state index in [9.17, 15) is 18.5 Å². The molecule has 0 aliphatic carbocycles. The largest absolute Gasteiger partial charge is 0.491 e. The van der Waals surface area contributed by atoms with Crippen LogP contribution in [0, 0.1) is 16.0 Å². The molecule has 1 aromatic rings. The molecular formula is C10H11Cl2NO5S. The van der Waals surface area contributed by atoms with Gasteiger partial charge in [-0.3, -0.25) is 10.1 Å². The summed E-state index contributed by atoms with van der Waals surface area (Å²) >= 11 is 5.83. The van der Waals surface area contributed by atoms with Crippen LogP contribution in [-0.2, 0) is 9.05 Å². The van der Waals surface area contributed by atoms with Crippen LogP contribution in [0.4, 0.5) is 5.69 Å². The second-order valence-electron chi connectivity index (χ2n) is 3.99. The Morgan fingerprint density at radius 2 is 2.11 bits per heavy atom. The summed E-state index contributed by atoms with van der Waals surface area (Å²) in [6, 6.07) is 3.78. The zero-order valence-electron chi connectivity index (χ0n) is 9.88. The maximum Gasteiger partial charge on any atom is 0.273 e. The third-order valence-corrected chi connectivity index (χ3v) is 3.79. The van der Waals surface area contributed by atoms with Crippen molar-refractivity contribution < 1.29 is 18.1 Å². The van der Waals surface area contributed by atoms with Gasteiger partial charge in [-0.05, 0) is 6.07 Å². The molecule has 106 valence electrons. The highest BCUT2D eigenvalue weighted by atomic mass is 35.7. The second kappa shape index (κ2) is 6.40. The van der Waals surface area contributed by atoms with Crippen molar-refractivity contribution >= 4 is 37.0 Å². The highest BCUT2D eigenvalue weighted by molar-refractivity contribution is 8.13. The summed E-state index contributed by atoms with van der Waals surface area (Å²) in [7, 11) is 1.50. The minimum absolute atomic E-state index is 0.0346. The first-order valence-electron chi connectivity index (χ1n) is 5.18. The zero-order chi connectivity index (χ0) is 14.6. The Kier molecular flexibility index (Phi) is 5.39. The maximum atomic E-state index is 10.9. The number of hydrogen-bond acceptors (Lipinski definition) is 5. The van der Waals surface area contributed by atoms with Crippen LogP contribution in [0.25, 0.3) is 0 Å². The molecule has 0 fully saturated rings. The zero-order valence-corrected chi connectivity index (χ0v) is 12.2. The molecule has 1 aromatic carbocycles. The summed E-state index contributed by atoms with van der Waals surface area (Å²) in [5.41, 5.74) is -0.156. The molecule has 1 rings (SSSR count). The SMILES string of the molecule is CC(COc1cc([N+](=O)[O-])ccc1Cl)CS(=O)(=O)Cl. The van der Waals surface area contributed by atoms with E-state index in [1.165, 1.54) is 18.2 Å². The lowest BCUT2D eigenvalue weighted by Crippen LogP contribution is -2.16. The smallest absolute Gasteiger partial charge is 0.273 e. The minimum Gasteiger partial charge on any atom is -0.491 e. The molecule has 0 spiro atoms. The average molecular weight is 328 g/mol. The van der Waals surface area contributed by atoms with Gasteiger partial charge in [0.1, 0.15) is 5.75 Å². The molecule has 0 aliphatic rings. The van der Waals surface area contributed by atoms with Crippen molar-refractivity contribution in [3.05, 3.63) is 33.3 Å². The summed E-state index contributed by atoms with van der Waals surface area (Å²) < 4.78 is 27.0. The van der Waals surface area contributed by atoms with Crippen molar-refractivity contribution in [2.24, 2.45) is 5.92 Å². The van der Waals surface area contributed by atoms with Gasteiger partial charge in [0.15, 0.2) is 0 Å². The minimum atomic E-state index is -3.61. The van der Waals surface area contributed by atoms with Crippen LogP contribution >= 0.6 is 22.3 Å². The summed E-state index contributed by atoms with van der Waals surface area (Å²) in [6.45, 7) is 1.66. The van der Waals surface area contributed by atoms with Crippen LogP contribution in [0.5, 0.6) is 5.75 Å². The molecule has 0 amide bonds. The van der Waals surface area contributed by atoms with Gasteiger partial charge in [-0.1, -0.05) is 18.5 Å². The molecule has 9 heteroatoms. The highest BCUT2D eigenvalue weighted by Gasteiger charge is 2.15. The number of nitro benzene ring substituents is 1. The summed E-state index contributed by atoms with van der Waals surface area (Å²) in [5.74, 6) is -0.478. The Bertz CT molecular complexity index is 575. The average Bonchev–Trinajstić information content (AvgIpc) is 2.25. The van der Waals surface area contributed by atoms with E-state index < -0.39 is 14.0 Å². The van der Waals surface area contributed by atoms with Crippen LogP contribution in [0.2, 0.25) is 5.02 Å². The monoisotopic (exact) mass is 327 g/mol. The quantitative estimate of drug-likeness (QED) is 0.455. The standard InChI is InChI=1S/C10H11Cl2NO5S/c1-7(6-19(12,16)17)5-18-10-4-8(13(14)15)2-3-9(10)11/h2-4,7H,5-6H2,1H3. The van der Waals surface area contributed by atoms with Gasteiger partial charge in [0.2, 0.25) is 9.05 Å². The normalized spacial score (nSPS) is 13.0. The van der Waals surface area contributed by atoms with Gasteiger partial charge in [-0.15, -0.1) is 0 Å². The van der Waals surface area contributed by atoms with Crippen molar-refractivity contribution in [3.8, 4) is 5.75 Å². The molecule has 0 aliphatic heterocycles. The molecule has 6 nitrogen and oxygen atoms in total. The fourth-order valence-electron chi connectivity index (χ4n) is 1.34. The topological polar surface area (TPSA) is 86.5 Å². The Labute approximate surface area is 119 Å². The van der Waals surface area contributed by atoms with E-state index in [-0.39, 0.29) is 34.7 Å². The van der Waals surface area contributed by atoms with E-state index in [1.54, 1.807) is 6.92 Å². The molecule has 0 aromatic heterocycles. The lowest BCUT2D eigenvalue weighted by Gasteiger charge is -2.12. The molecule has 0 N–H and O–H groups in total. The van der Waals surface area contributed by atoms with E-state index in [1.807, 2.05) is 0 Å². The Hall–Kier alpha value is -1.05.